The molecule has 0 aromatic rings. The van der Waals surface area contributed by atoms with Crippen molar-refractivity contribution in [1.29, 1.82) is 0 Å². The topological polar surface area (TPSA) is 21.3 Å². The zero-order valence-electron chi connectivity index (χ0n) is 5.95. The largest absolute Gasteiger partial charge is 0.414 e. The van der Waals surface area contributed by atoms with Gasteiger partial charge in [-0.15, -0.1) is 0 Å². The molecule has 1 N–H and O–H groups in total. The van der Waals surface area contributed by atoms with Crippen LogP contribution < -0.4 is 5.32 Å². The first-order valence-electron chi connectivity index (χ1n) is 3.50. The van der Waals surface area contributed by atoms with Gasteiger partial charge in [0, 0.05) is 6.54 Å². The third-order valence-electron chi connectivity index (χ3n) is 1.55. The molecule has 0 aromatic carbocycles. The van der Waals surface area contributed by atoms with Crippen molar-refractivity contribution in [3.05, 3.63) is 0 Å². The van der Waals surface area contributed by atoms with Crippen LogP contribution in [0.5, 0.6) is 0 Å². The average molecular weight is 169 g/mol. The van der Waals surface area contributed by atoms with Gasteiger partial charge in [-0.05, 0) is 13.0 Å². The van der Waals surface area contributed by atoms with Crippen LogP contribution in [0.25, 0.3) is 0 Å². The van der Waals surface area contributed by atoms with Crippen LogP contribution in [0, 0.1) is 0 Å². The van der Waals surface area contributed by atoms with Gasteiger partial charge in [0.25, 0.3) is 0 Å². The summed E-state index contributed by atoms with van der Waals surface area (Å²) in [6.45, 7) is 1.03. The Morgan fingerprint density at radius 2 is 2.00 bits per heavy atom. The van der Waals surface area contributed by atoms with Crippen LogP contribution >= 0.6 is 0 Å². The minimum Gasteiger partial charge on any atom is -0.367 e. The Bertz CT molecular complexity index is 117. The van der Waals surface area contributed by atoms with Crippen molar-refractivity contribution >= 4 is 0 Å². The molecule has 1 rings (SSSR count). The lowest BCUT2D eigenvalue weighted by Crippen LogP contribution is -2.31. The molecule has 5 heteroatoms. The third-order valence-corrected chi connectivity index (χ3v) is 1.55. The van der Waals surface area contributed by atoms with Gasteiger partial charge >= 0.3 is 6.18 Å². The highest BCUT2D eigenvalue weighted by Crippen LogP contribution is 2.25. The summed E-state index contributed by atoms with van der Waals surface area (Å²) in [6.07, 6.45) is -5.76. The summed E-state index contributed by atoms with van der Waals surface area (Å²) in [4.78, 5) is 0. The fourth-order valence-corrected chi connectivity index (χ4v) is 0.973. The van der Waals surface area contributed by atoms with Gasteiger partial charge in [-0.3, -0.25) is 0 Å². The summed E-state index contributed by atoms with van der Waals surface area (Å²) in [5, 5.41) is 2.82. The Balaban J connectivity index is 2.43. The monoisotopic (exact) mass is 169 g/mol. The van der Waals surface area contributed by atoms with Crippen LogP contribution in [0.2, 0.25) is 0 Å². The average Bonchev–Trinajstić information content (AvgIpc) is 2.10. The van der Waals surface area contributed by atoms with Gasteiger partial charge in [-0.25, -0.2) is 0 Å². The molecule has 1 aliphatic heterocycles. The normalized spacial score (nSPS) is 28.1. The van der Waals surface area contributed by atoms with E-state index in [0.717, 1.165) is 0 Å². The number of hydrogen-bond acceptors (Lipinski definition) is 2. The lowest BCUT2D eigenvalue weighted by atomic mass is 10.2. The fourth-order valence-electron chi connectivity index (χ4n) is 0.973. The van der Waals surface area contributed by atoms with Crippen LogP contribution in [0.1, 0.15) is 6.42 Å². The second-order valence-corrected chi connectivity index (χ2v) is 2.44. The highest BCUT2D eigenvalue weighted by atomic mass is 19.4. The van der Waals surface area contributed by atoms with E-state index in [-0.39, 0.29) is 13.0 Å². The quantitative estimate of drug-likeness (QED) is 0.582. The van der Waals surface area contributed by atoms with E-state index in [1.807, 2.05) is 0 Å². The number of nitrogens with one attached hydrogen (secondary N) is 1. The predicted molar refractivity (Wildman–Crippen MR) is 33.3 cm³/mol. The molecule has 0 bridgehead atoms. The number of alkyl halides is 3. The van der Waals surface area contributed by atoms with Gasteiger partial charge in [0.1, 0.15) is 0 Å². The predicted octanol–water partition coefficient (Wildman–Crippen LogP) is 0.927. The van der Waals surface area contributed by atoms with Crippen molar-refractivity contribution in [2.75, 3.05) is 19.7 Å². The lowest BCUT2D eigenvalue weighted by molar-refractivity contribution is -0.218. The molecule has 1 aliphatic rings. The summed E-state index contributed by atoms with van der Waals surface area (Å²) < 4.78 is 40.5. The highest BCUT2D eigenvalue weighted by Gasteiger charge is 2.40. The standard InChI is InChI=1S/C6H10F3NO/c7-6(8,9)5-1-2-10-3-4-11-5/h5,10H,1-4H2. The summed E-state index contributed by atoms with van der Waals surface area (Å²) >= 11 is 0. The SMILES string of the molecule is FC(F)(F)C1CCNCCO1. The molecule has 0 aromatic heterocycles. The number of rotatable bonds is 0. The first kappa shape index (κ1) is 8.80. The second kappa shape index (κ2) is 3.40. The minimum atomic E-state index is -4.20. The molecule has 0 spiro atoms. The molecule has 0 aliphatic carbocycles. The van der Waals surface area contributed by atoms with E-state index in [0.29, 0.717) is 13.1 Å². The van der Waals surface area contributed by atoms with Crippen molar-refractivity contribution < 1.29 is 17.9 Å². The summed E-state index contributed by atoms with van der Waals surface area (Å²) in [6, 6.07) is 0. The number of ether oxygens (including phenoxy) is 1. The van der Waals surface area contributed by atoms with Crippen LogP contribution in [0.3, 0.4) is 0 Å². The van der Waals surface area contributed by atoms with Crippen molar-refractivity contribution in [3.8, 4) is 0 Å². The Kier molecular flexibility index (Phi) is 2.72. The van der Waals surface area contributed by atoms with Gasteiger partial charge in [0.05, 0.1) is 6.61 Å². The van der Waals surface area contributed by atoms with Gasteiger partial charge in [-0.1, -0.05) is 0 Å². The minimum absolute atomic E-state index is 0.0174. The van der Waals surface area contributed by atoms with Crippen LogP contribution in [-0.2, 0) is 4.74 Å². The molecule has 66 valence electrons. The maximum atomic E-state index is 12.0. The lowest BCUT2D eigenvalue weighted by Gasteiger charge is -2.17. The molecule has 1 unspecified atom stereocenters. The molecule has 0 amide bonds. The van der Waals surface area contributed by atoms with Crippen LogP contribution in [0.15, 0.2) is 0 Å². The van der Waals surface area contributed by atoms with Crippen molar-refractivity contribution in [1.82, 2.24) is 5.32 Å². The van der Waals surface area contributed by atoms with Gasteiger partial charge in [0.15, 0.2) is 6.10 Å². The maximum Gasteiger partial charge on any atom is 0.414 e. The van der Waals surface area contributed by atoms with E-state index >= 15 is 0 Å². The van der Waals surface area contributed by atoms with Gasteiger partial charge in [-0.2, -0.15) is 13.2 Å². The van der Waals surface area contributed by atoms with Crippen LogP contribution in [-0.4, -0.2) is 32.0 Å². The first-order chi connectivity index (χ1) is 5.11. The Hall–Kier alpha value is -0.290. The number of hydrogen-bond donors (Lipinski definition) is 1. The van der Waals surface area contributed by atoms with E-state index in [4.69, 9.17) is 0 Å². The van der Waals surface area contributed by atoms with E-state index in [1.165, 1.54) is 0 Å². The molecule has 0 radical (unpaired) electrons. The van der Waals surface area contributed by atoms with E-state index in [2.05, 4.69) is 10.1 Å². The number of halogens is 3. The molecular formula is C6H10F3NO. The van der Waals surface area contributed by atoms with Crippen molar-refractivity contribution in [3.63, 3.8) is 0 Å². The molecular weight excluding hydrogens is 159 g/mol. The van der Waals surface area contributed by atoms with Crippen molar-refractivity contribution in [2.24, 2.45) is 0 Å². The second-order valence-electron chi connectivity index (χ2n) is 2.44. The Morgan fingerprint density at radius 3 is 2.64 bits per heavy atom. The van der Waals surface area contributed by atoms with E-state index < -0.39 is 12.3 Å². The zero-order valence-corrected chi connectivity index (χ0v) is 5.95. The van der Waals surface area contributed by atoms with E-state index in [1.54, 1.807) is 0 Å². The van der Waals surface area contributed by atoms with Gasteiger partial charge < -0.3 is 10.1 Å². The Morgan fingerprint density at radius 1 is 1.27 bits per heavy atom. The third kappa shape index (κ3) is 2.67. The highest BCUT2D eigenvalue weighted by molar-refractivity contribution is 4.71. The van der Waals surface area contributed by atoms with Gasteiger partial charge in [0.2, 0.25) is 0 Å². The molecule has 1 heterocycles. The molecule has 2 nitrogen and oxygen atoms in total. The zero-order chi connectivity index (χ0) is 8.32. The Labute approximate surface area is 62.7 Å². The van der Waals surface area contributed by atoms with Crippen molar-refractivity contribution in [2.45, 2.75) is 18.7 Å². The summed E-state index contributed by atoms with van der Waals surface area (Å²) in [5.41, 5.74) is 0. The molecule has 1 fully saturated rings. The molecule has 0 saturated carbocycles. The maximum absolute atomic E-state index is 12.0. The molecule has 1 atom stereocenters. The summed E-state index contributed by atoms with van der Waals surface area (Å²) in [7, 11) is 0. The van der Waals surface area contributed by atoms with Crippen LogP contribution in [0.4, 0.5) is 13.2 Å². The first-order valence-corrected chi connectivity index (χ1v) is 3.50. The fraction of sp³-hybridized carbons (Fsp3) is 1.00. The van der Waals surface area contributed by atoms with E-state index in [9.17, 15) is 13.2 Å². The molecule has 1 saturated heterocycles. The molecule has 11 heavy (non-hydrogen) atoms. The summed E-state index contributed by atoms with van der Waals surface area (Å²) in [5.74, 6) is 0. The smallest absolute Gasteiger partial charge is 0.367 e.